The van der Waals surface area contributed by atoms with Crippen LogP contribution in [0.4, 0.5) is 0 Å². The predicted molar refractivity (Wildman–Crippen MR) is 139 cm³/mol. The molecule has 1 N–H and O–H groups in total. The van der Waals surface area contributed by atoms with Crippen LogP contribution in [-0.2, 0) is 6.42 Å². The first-order valence-electron chi connectivity index (χ1n) is 11.8. The molecular weight excluding hydrogens is 432 g/mol. The van der Waals surface area contributed by atoms with Gasteiger partial charge in [0.2, 0.25) is 0 Å². The van der Waals surface area contributed by atoms with Gasteiger partial charge in [0.05, 0.1) is 5.52 Å². The lowest BCUT2D eigenvalue weighted by molar-refractivity contribution is 0.156. The number of fused-ring (bicyclic) bond motifs is 2. The van der Waals surface area contributed by atoms with E-state index in [1.165, 1.54) is 51.3 Å². The van der Waals surface area contributed by atoms with Crippen LogP contribution in [0.3, 0.4) is 0 Å². The zero-order valence-electron chi connectivity index (χ0n) is 19.2. The molecule has 1 saturated heterocycles. The molecular formula is C26H32N4S2. The van der Waals surface area contributed by atoms with Crippen LogP contribution in [0, 0.1) is 0 Å². The molecule has 3 aromatic rings. The Morgan fingerprint density at radius 1 is 1.12 bits per heavy atom. The third-order valence-corrected chi connectivity index (χ3v) is 8.64. The van der Waals surface area contributed by atoms with E-state index in [0.717, 1.165) is 24.6 Å². The van der Waals surface area contributed by atoms with Crippen LogP contribution in [0.1, 0.15) is 43.7 Å². The third kappa shape index (κ3) is 3.72. The Morgan fingerprint density at radius 2 is 1.91 bits per heavy atom. The van der Waals surface area contributed by atoms with E-state index in [4.69, 9.17) is 12.2 Å². The summed E-state index contributed by atoms with van der Waals surface area (Å²) in [5.41, 5.74) is 7.85. The first-order valence-corrected chi connectivity index (χ1v) is 13.0. The molecule has 0 bridgehead atoms. The Labute approximate surface area is 200 Å². The lowest BCUT2D eigenvalue weighted by Crippen LogP contribution is -2.44. The highest BCUT2D eigenvalue weighted by molar-refractivity contribution is 7.99. The van der Waals surface area contributed by atoms with Gasteiger partial charge in [0.15, 0.2) is 5.11 Å². The monoisotopic (exact) mass is 464 g/mol. The normalized spacial score (nSPS) is 20.2. The van der Waals surface area contributed by atoms with Gasteiger partial charge < -0.3 is 9.80 Å². The SMILES string of the molecule is CCN(CC)C(=S)Nn1c(Sc2ccccc2)c2c3c(cccc31)[C@H]1CCCN(C)[C@@H]1C2. The molecule has 2 aromatic carbocycles. The van der Waals surface area contributed by atoms with E-state index < -0.39 is 0 Å². The van der Waals surface area contributed by atoms with Gasteiger partial charge in [-0.1, -0.05) is 42.1 Å². The van der Waals surface area contributed by atoms with Gasteiger partial charge >= 0.3 is 0 Å². The maximum absolute atomic E-state index is 5.83. The molecule has 0 saturated carbocycles. The molecule has 1 fully saturated rings. The molecule has 1 aliphatic carbocycles. The fourth-order valence-corrected chi connectivity index (χ4v) is 6.92. The summed E-state index contributed by atoms with van der Waals surface area (Å²) in [4.78, 5) is 6.04. The molecule has 6 heteroatoms. The average molecular weight is 465 g/mol. The van der Waals surface area contributed by atoms with Crippen LogP contribution in [0.2, 0.25) is 0 Å². The maximum Gasteiger partial charge on any atom is 0.188 e. The van der Waals surface area contributed by atoms with Crippen molar-refractivity contribution < 1.29 is 0 Å². The number of rotatable bonds is 5. The number of hydrogen-bond acceptors (Lipinski definition) is 3. The molecule has 0 radical (unpaired) electrons. The summed E-state index contributed by atoms with van der Waals surface area (Å²) < 4.78 is 2.27. The molecule has 168 valence electrons. The number of nitrogens with zero attached hydrogens (tertiary/aromatic N) is 3. The zero-order chi connectivity index (χ0) is 22.2. The van der Waals surface area contributed by atoms with E-state index >= 15 is 0 Å². The minimum absolute atomic E-state index is 0.572. The van der Waals surface area contributed by atoms with Gasteiger partial charge in [-0.2, -0.15) is 0 Å². The Kier molecular flexibility index (Phi) is 6.19. The Morgan fingerprint density at radius 3 is 2.66 bits per heavy atom. The van der Waals surface area contributed by atoms with E-state index in [9.17, 15) is 0 Å². The standard InChI is InChI=1S/C26H32N4S2/c1-4-29(5-2)26(31)27-30-22-15-9-13-20-19-14-10-16-28(3)23(19)17-21(24(20)22)25(30)32-18-11-7-6-8-12-18/h6-9,11-13,15,19,23H,4-5,10,14,16-17H2,1-3H3,(H,27,31)/t19-,23-/m1/s1. The van der Waals surface area contributed by atoms with Crippen molar-refractivity contribution in [2.45, 2.75) is 55.0 Å². The van der Waals surface area contributed by atoms with E-state index in [0.29, 0.717) is 12.0 Å². The number of hydrogen-bond donors (Lipinski definition) is 1. The molecule has 5 rings (SSSR count). The number of benzene rings is 2. The molecule has 4 nitrogen and oxygen atoms in total. The number of nitrogens with one attached hydrogen (secondary N) is 1. The second-order valence-corrected chi connectivity index (χ2v) is 10.3. The molecule has 0 unspecified atom stereocenters. The molecule has 1 aliphatic heterocycles. The Bertz CT molecular complexity index is 1120. The summed E-state index contributed by atoms with van der Waals surface area (Å²) in [6.45, 7) is 7.30. The van der Waals surface area contributed by atoms with Crippen molar-refractivity contribution in [3.63, 3.8) is 0 Å². The third-order valence-electron chi connectivity index (χ3n) is 7.16. The largest absolute Gasteiger partial charge is 0.348 e. The number of likely N-dealkylation sites (N-methyl/N-ethyl adjacent to an activating group) is 1. The Hall–Kier alpha value is -2.02. The van der Waals surface area contributed by atoms with Gasteiger partial charge in [-0.25, -0.2) is 4.68 Å². The van der Waals surface area contributed by atoms with Crippen molar-refractivity contribution in [2.24, 2.45) is 0 Å². The Balaban J connectivity index is 1.68. The molecule has 1 aromatic heterocycles. The molecule has 2 aliphatic rings. The highest BCUT2D eigenvalue weighted by Gasteiger charge is 2.38. The van der Waals surface area contributed by atoms with Crippen LogP contribution in [0.15, 0.2) is 58.5 Å². The van der Waals surface area contributed by atoms with Crippen molar-refractivity contribution in [1.29, 1.82) is 0 Å². The summed E-state index contributed by atoms with van der Waals surface area (Å²) in [5, 5.41) is 3.50. The quantitative estimate of drug-likeness (QED) is 0.488. The molecule has 2 atom stereocenters. The second kappa shape index (κ2) is 9.08. The van der Waals surface area contributed by atoms with Crippen molar-refractivity contribution >= 4 is 40.0 Å². The predicted octanol–water partition coefficient (Wildman–Crippen LogP) is 5.70. The molecule has 32 heavy (non-hydrogen) atoms. The summed E-state index contributed by atoms with van der Waals surface area (Å²) in [5.74, 6) is 0.616. The lowest BCUT2D eigenvalue weighted by atomic mass is 9.75. The van der Waals surface area contributed by atoms with Gasteiger partial charge in [0.25, 0.3) is 0 Å². The zero-order valence-corrected chi connectivity index (χ0v) is 20.8. The fraction of sp³-hybridized carbons (Fsp3) is 0.423. The van der Waals surface area contributed by atoms with Crippen molar-refractivity contribution in [1.82, 2.24) is 14.5 Å². The molecule has 0 spiro atoms. The van der Waals surface area contributed by atoms with Crippen molar-refractivity contribution in [3.8, 4) is 0 Å². The van der Waals surface area contributed by atoms with Gasteiger partial charge in [-0.15, -0.1) is 0 Å². The highest BCUT2D eigenvalue weighted by Crippen LogP contribution is 2.47. The lowest BCUT2D eigenvalue weighted by Gasteiger charge is -2.42. The van der Waals surface area contributed by atoms with E-state index in [2.05, 4.69) is 89.3 Å². The summed E-state index contributed by atoms with van der Waals surface area (Å²) in [6, 6.07) is 18.1. The summed E-state index contributed by atoms with van der Waals surface area (Å²) in [6.07, 6.45) is 3.65. The van der Waals surface area contributed by atoms with Gasteiger partial charge in [-0.3, -0.25) is 5.43 Å². The van der Waals surface area contributed by atoms with E-state index in [1.54, 1.807) is 0 Å². The van der Waals surface area contributed by atoms with Gasteiger partial charge in [0.1, 0.15) is 5.03 Å². The summed E-state index contributed by atoms with van der Waals surface area (Å²) in [7, 11) is 2.30. The molecule has 2 heterocycles. The van der Waals surface area contributed by atoms with Crippen molar-refractivity contribution in [3.05, 3.63) is 59.7 Å². The van der Waals surface area contributed by atoms with Crippen LogP contribution in [-0.4, -0.2) is 52.3 Å². The first kappa shape index (κ1) is 21.8. The van der Waals surface area contributed by atoms with E-state index in [1.807, 2.05) is 11.8 Å². The fourth-order valence-electron chi connectivity index (χ4n) is 5.51. The van der Waals surface area contributed by atoms with Crippen LogP contribution < -0.4 is 5.43 Å². The van der Waals surface area contributed by atoms with Crippen LogP contribution in [0.25, 0.3) is 10.9 Å². The smallest absolute Gasteiger partial charge is 0.188 e. The maximum atomic E-state index is 5.83. The summed E-state index contributed by atoms with van der Waals surface area (Å²) >= 11 is 7.68. The molecule has 0 amide bonds. The van der Waals surface area contributed by atoms with Crippen LogP contribution >= 0.6 is 24.0 Å². The van der Waals surface area contributed by atoms with E-state index in [-0.39, 0.29) is 0 Å². The van der Waals surface area contributed by atoms with Gasteiger partial charge in [0, 0.05) is 35.3 Å². The minimum atomic E-state index is 0.572. The number of aromatic nitrogens is 1. The minimum Gasteiger partial charge on any atom is -0.348 e. The number of piperidine rings is 1. The topological polar surface area (TPSA) is 23.4 Å². The number of thiocarbonyl (C=S) groups is 1. The average Bonchev–Trinajstić information content (AvgIpc) is 3.10. The van der Waals surface area contributed by atoms with Crippen LogP contribution in [0.5, 0.6) is 0 Å². The number of likely N-dealkylation sites (tertiary alicyclic amines) is 1. The highest BCUT2D eigenvalue weighted by atomic mass is 32.2. The second-order valence-electron chi connectivity index (χ2n) is 8.87. The first-order chi connectivity index (χ1) is 15.6. The van der Waals surface area contributed by atoms with Crippen molar-refractivity contribution in [2.75, 3.05) is 32.1 Å². The van der Waals surface area contributed by atoms with Gasteiger partial charge in [-0.05, 0) is 88.2 Å².